The Balaban J connectivity index is 1.41. The first-order valence-corrected chi connectivity index (χ1v) is 15.7. The third-order valence-corrected chi connectivity index (χ3v) is 10.1. The molecule has 1 fully saturated rings. The molecule has 0 radical (unpaired) electrons. The van der Waals surface area contributed by atoms with E-state index in [0.29, 0.717) is 24.1 Å². The number of alkyl halides is 3. The summed E-state index contributed by atoms with van der Waals surface area (Å²) in [7, 11) is -3.41. The molecular weight excluding hydrogens is 543 g/mol. The van der Waals surface area contributed by atoms with E-state index in [2.05, 4.69) is 22.1 Å². The smallest absolute Gasteiger partial charge is 0.391 e. The van der Waals surface area contributed by atoms with Crippen LogP contribution in [0.5, 0.6) is 0 Å². The van der Waals surface area contributed by atoms with Crippen molar-refractivity contribution >= 4 is 15.7 Å². The number of aliphatic hydroxyl groups excluding tert-OH is 1. The number of halogens is 3. The van der Waals surface area contributed by atoms with Gasteiger partial charge in [0.1, 0.15) is 0 Å². The predicted molar refractivity (Wildman–Crippen MR) is 146 cm³/mol. The van der Waals surface area contributed by atoms with Crippen LogP contribution in [0, 0.1) is 11.8 Å². The number of aromatic nitrogens is 1. The molecule has 1 amide bonds. The Hall–Kier alpha value is -2.50. The summed E-state index contributed by atoms with van der Waals surface area (Å²) < 4.78 is 63.3. The Labute approximate surface area is 234 Å². The number of benzene rings is 1. The van der Waals surface area contributed by atoms with E-state index in [4.69, 9.17) is 0 Å². The molecule has 4 rings (SSSR count). The second-order valence-electron chi connectivity index (χ2n) is 10.9. The van der Waals surface area contributed by atoms with E-state index < -0.39 is 34.6 Å². The lowest BCUT2D eigenvalue weighted by atomic mass is 9.80. The zero-order valence-electron chi connectivity index (χ0n) is 23.0. The molecule has 2 N–H and O–H groups in total. The Bertz CT molecular complexity index is 1280. The quantitative estimate of drug-likeness (QED) is 0.432. The van der Waals surface area contributed by atoms with Gasteiger partial charge < -0.3 is 10.4 Å². The van der Waals surface area contributed by atoms with Gasteiger partial charge in [-0.2, -0.15) is 13.2 Å². The molecular formula is C29H38F3N3O4S. The SMILES string of the molecule is CC[C@@H]1c2ccc(C(=O)N[C@@H](CO)c3ccc(S(=O)(=O)CC)cn3)cc2CCN1CC1CCC(C(F)(F)F)CC1. The standard InChI is InChI=1S/C29H38F3N3O4S/c1-3-27-24-11-7-21(28(37)34-26(18-36)25-12-10-23(16-33-25)40(38,39)4-2)15-20(24)13-14-35(27)17-19-5-8-22(9-6-19)29(30,31)32/h7,10-12,15-16,19,22,26-27,36H,3-6,8-9,13-14,17-18H2,1-2H3,(H,34,37)/t19?,22?,26-,27+/m0/s1. The van der Waals surface area contributed by atoms with Gasteiger partial charge in [0, 0.05) is 30.9 Å². The molecule has 40 heavy (non-hydrogen) atoms. The first-order chi connectivity index (χ1) is 19.0. The van der Waals surface area contributed by atoms with E-state index in [1.807, 2.05) is 12.1 Å². The van der Waals surface area contributed by atoms with E-state index in [-0.39, 0.29) is 41.4 Å². The van der Waals surface area contributed by atoms with Crippen LogP contribution in [0.1, 0.15) is 85.2 Å². The number of carbonyl (C=O) groups is 1. The zero-order valence-corrected chi connectivity index (χ0v) is 23.8. The highest BCUT2D eigenvalue weighted by Gasteiger charge is 2.42. The molecule has 0 saturated heterocycles. The highest BCUT2D eigenvalue weighted by Crippen LogP contribution is 2.41. The molecule has 2 aromatic rings. The van der Waals surface area contributed by atoms with Crippen LogP contribution >= 0.6 is 0 Å². The fourth-order valence-electron chi connectivity index (χ4n) is 6.01. The van der Waals surface area contributed by atoms with Crippen molar-refractivity contribution in [3.8, 4) is 0 Å². The molecule has 2 aliphatic rings. The Morgan fingerprint density at radius 3 is 2.45 bits per heavy atom. The summed E-state index contributed by atoms with van der Waals surface area (Å²) in [5.74, 6) is -1.33. The largest absolute Gasteiger partial charge is 0.394 e. The van der Waals surface area contributed by atoms with Gasteiger partial charge in [-0.05, 0) is 79.8 Å². The number of pyridine rings is 1. The number of fused-ring (bicyclic) bond motifs is 1. The van der Waals surface area contributed by atoms with Gasteiger partial charge in [0.25, 0.3) is 5.91 Å². The van der Waals surface area contributed by atoms with Gasteiger partial charge in [-0.1, -0.05) is 19.9 Å². The number of hydrogen-bond donors (Lipinski definition) is 2. The third kappa shape index (κ3) is 6.86. The van der Waals surface area contributed by atoms with Crippen molar-refractivity contribution in [2.75, 3.05) is 25.4 Å². The van der Waals surface area contributed by atoms with E-state index in [1.165, 1.54) is 18.3 Å². The number of hydrogen-bond acceptors (Lipinski definition) is 6. The van der Waals surface area contributed by atoms with Gasteiger partial charge in [-0.15, -0.1) is 0 Å². The maximum atomic E-state index is 13.1. The van der Waals surface area contributed by atoms with E-state index in [1.54, 1.807) is 13.0 Å². The van der Waals surface area contributed by atoms with Gasteiger partial charge in [-0.3, -0.25) is 14.7 Å². The molecule has 1 saturated carbocycles. The van der Waals surface area contributed by atoms with Crippen molar-refractivity contribution in [1.82, 2.24) is 15.2 Å². The second-order valence-corrected chi connectivity index (χ2v) is 13.2. The molecule has 1 aliphatic carbocycles. The van der Waals surface area contributed by atoms with Crippen molar-refractivity contribution in [3.05, 3.63) is 58.9 Å². The first kappa shape index (κ1) is 30.5. The Kier molecular flexibility index (Phi) is 9.57. The van der Waals surface area contributed by atoms with Gasteiger partial charge in [0.2, 0.25) is 0 Å². The van der Waals surface area contributed by atoms with Crippen LogP contribution in [0.2, 0.25) is 0 Å². The lowest BCUT2D eigenvalue weighted by molar-refractivity contribution is -0.184. The van der Waals surface area contributed by atoms with Crippen LogP contribution in [0.4, 0.5) is 13.2 Å². The van der Waals surface area contributed by atoms with Crippen LogP contribution in [-0.4, -0.2) is 60.9 Å². The predicted octanol–water partition coefficient (Wildman–Crippen LogP) is 5.02. The lowest BCUT2D eigenvalue weighted by Gasteiger charge is -2.40. The molecule has 0 unspecified atom stereocenters. The van der Waals surface area contributed by atoms with Crippen LogP contribution in [0.15, 0.2) is 41.4 Å². The molecule has 2 heterocycles. The van der Waals surface area contributed by atoms with Crippen molar-refractivity contribution in [1.29, 1.82) is 0 Å². The minimum Gasteiger partial charge on any atom is -0.394 e. The number of aliphatic hydroxyl groups is 1. The molecule has 0 bridgehead atoms. The topological polar surface area (TPSA) is 99.6 Å². The average molecular weight is 582 g/mol. The van der Waals surface area contributed by atoms with Crippen molar-refractivity contribution in [2.45, 2.75) is 75.5 Å². The van der Waals surface area contributed by atoms with E-state index in [9.17, 15) is 31.5 Å². The number of sulfone groups is 1. The number of rotatable bonds is 9. The summed E-state index contributed by atoms with van der Waals surface area (Å²) in [6, 6.07) is 7.86. The van der Waals surface area contributed by atoms with Gasteiger partial charge >= 0.3 is 6.18 Å². The number of carbonyl (C=O) groups excluding carboxylic acids is 1. The molecule has 11 heteroatoms. The van der Waals surface area contributed by atoms with E-state index >= 15 is 0 Å². The first-order valence-electron chi connectivity index (χ1n) is 14.0. The van der Waals surface area contributed by atoms with Crippen LogP contribution in [-0.2, 0) is 16.3 Å². The fourth-order valence-corrected chi connectivity index (χ4v) is 6.83. The van der Waals surface area contributed by atoms with Gasteiger partial charge in [0.15, 0.2) is 9.84 Å². The van der Waals surface area contributed by atoms with E-state index in [0.717, 1.165) is 37.1 Å². The summed E-state index contributed by atoms with van der Waals surface area (Å²) in [6.07, 6.45) is 0.353. The highest BCUT2D eigenvalue weighted by molar-refractivity contribution is 7.91. The number of nitrogens with one attached hydrogen (secondary N) is 1. The molecule has 1 aromatic carbocycles. The molecule has 0 spiro atoms. The molecule has 7 nitrogen and oxygen atoms in total. The molecule has 1 aliphatic heterocycles. The molecule has 220 valence electrons. The lowest BCUT2D eigenvalue weighted by Crippen LogP contribution is -2.40. The van der Waals surface area contributed by atoms with Crippen molar-refractivity contribution < 1.29 is 31.5 Å². The fraction of sp³-hybridized carbons (Fsp3) is 0.586. The maximum Gasteiger partial charge on any atom is 0.391 e. The third-order valence-electron chi connectivity index (χ3n) is 8.41. The highest BCUT2D eigenvalue weighted by atomic mass is 32.2. The zero-order chi connectivity index (χ0) is 29.1. The summed E-state index contributed by atoms with van der Waals surface area (Å²) in [5.41, 5.74) is 3.03. The van der Waals surface area contributed by atoms with Gasteiger partial charge in [0.05, 0.1) is 34.9 Å². The number of amides is 1. The Morgan fingerprint density at radius 2 is 1.88 bits per heavy atom. The minimum atomic E-state index is -4.10. The van der Waals surface area contributed by atoms with Crippen LogP contribution in [0.3, 0.4) is 0 Å². The van der Waals surface area contributed by atoms with Crippen molar-refractivity contribution in [2.24, 2.45) is 11.8 Å². The van der Waals surface area contributed by atoms with Crippen LogP contribution < -0.4 is 5.32 Å². The molecule has 1 aromatic heterocycles. The normalized spacial score (nSPS) is 22.9. The molecule has 2 atom stereocenters. The second kappa shape index (κ2) is 12.6. The summed E-state index contributed by atoms with van der Waals surface area (Å²) >= 11 is 0. The van der Waals surface area contributed by atoms with Crippen molar-refractivity contribution in [3.63, 3.8) is 0 Å². The minimum absolute atomic E-state index is 0.0495. The monoisotopic (exact) mass is 581 g/mol. The average Bonchev–Trinajstić information content (AvgIpc) is 2.95. The summed E-state index contributed by atoms with van der Waals surface area (Å²) in [6.45, 7) is 4.82. The van der Waals surface area contributed by atoms with Crippen LogP contribution in [0.25, 0.3) is 0 Å². The maximum absolute atomic E-state index is 13.1. The Morgan fingerprint density at radius 1 is 1.15 bits per heavy atom. The summed E-state index contributed by atoms with van der Waals surface area (Å²) in [5, 5.41) is 12.7. The summed E-state index contributed by atoms with van der Waals surface area (Å²) in [4.78, 5) is 19.7. The van der Waals surface area contributed by atoms with Gasteiger partial charge in [-0.25, -0.2) is 8.42 Å². The number of nitrogens with zero attached hydrogens (tertiary/aromatic N) is 2.